The largest absolute Gasteiger partial charge is 0.483 e. The Morgan fingerprint density at radius 1 is 0.440 bits per heavy atom. The molecule has 8 aliphatic heterocycles. The first kappa shape index (κ1) is 94.2. The standard InChI is InChI=1S/C23H24BrN3O2.C23H23BrN2O3.C23H23BrN2O2S.C20H17BrN2O3.C4H10O2.C3H7I.H3N.H2O/c1-14(2)27-20(28)23(26-21(27)25)18-13-17(24)7-8-19(18)29-22(23)11-9-15-5-3-4-6-16(15)10-12-22;1-14(2)26-20(27)23(25-21(26)28)18-13-17(24)7-8-19(18)29-22(23)11-9-15-5-3-4-6-16(15)10-12-22;1-14(2)26-20(27)23(25-21(26)29)18-13-17(24)7-8-19(18)28-22(23)11-9-15-5-3-4-6-16(15)10-12-22;21-14-5-6-16-15(11-14)20(17(24)22-18(25)23-20)19(26-16)9-7-12-3-1-2-4-13(12)8-10-19;1-4(2,3)6-5;1-3(2)4;;/h3-8,13-14H,9-12H2,1-2H3,(H2,25,26);3-8,13-14H,9-12H2,1-2H3,(H,25,28);3-8,13-14H,9-12H2,1-2H3,(H,25,29);1-6,11H,7-10H2,(H2,22,23,24,25);5H,1-3H3;3H,1-2H3;1H3;1H2. The molecular weight excluding hydrogens is 1980 g/mol. The minimum atomic E-state index is -1.20. The molecule has 0 bridgehead atoms. The van der Waals surface area contributed by atoms with Crippen LogP contribution in [0.25, 0.3) is 0 Å². The van der Waals surface area contributed by atoms with E-state index in [2.05, 4.69) is 211 Å². The molecule has 8 spiro atoms. The van der Waals surface area contributed by atoms with Gasteiger partial charge in [0.25, 0.3) is 23.6 Å². The van der Waals surface area contributed by atoms with Crippen LogP contribution in [0.4, 0.5) is 9.59 Å². The number of benzene rings is 8. The molecule has 4 aliphatic carbocycles. The zero-order valence-corrected chi connectivity index (χ0v) is 81.4. The minimum Gasteiger partial charge on any atom is -0.483 e. The van der Waals surface area contributed by atoms with Crippen LogP contribution in [-0.2, 0) is 97.6 Å². The molecule has 3 saturated heterocycles. The quantitative estimate of drug-likeness (QED) is 0.0216. The molecular formula is C96H109Br4IN10O13S. The van der Waals surface area contributed by atoms with Gasteiger partial charge in [-0.2, -0.15) is 0 Å². The topological polar surface area (TPSA) is 332 Å². The second kappa shape index (κ2) is 36.3. The van der Waals surface area contributed by atoms with Gasteiger partial charge in [-0.15, -0.1) is 0 Å². The number of halogens is 5. The maximum atomic E-state index is 14.0. The normalized spacial score (nSPS) is 23.2. The van der Waals surface area contributed by atoms with E-state index < -0.39 is 56.2 Å². The van der Waals surface area contributed by atoms with Crippen LogP contribution in [0.15, 0.2) is 193 Å². The fraction of sp³-hybridized carbons (Fsp3) is 0.417. The number of aliphatic imine (C=N–C) groups is 1. The average molecular weight is 2090 g/mol. The van der Waals surface area contributed by atoms with Crippen LogP contribution < -0.4 is 52.1 Å². The third-order valence-corrected chi connectivity index (χ3v) is 28.3. The molecule has 125 heavy (non-hydrogen) atoms. The van der Waals surface area contributed by atoms with E-state index in [0.29, 0.717) is 55.1 Å². The number of imide groups is 2. The number of fused-ring (bicyclic) bond motifs is 16. The molecule has 4 atom stereocenters. The highest BCUT2D eigenvalue weighted by molar-refractivity contribution is 14.1. The molecule has 23 nitrogen and oxygen atoms in total. The van der Waals surface area contributed by atoms with Crippen molar-refractivity contribution in [3.05, 3.63) is 255 Å². The summed E-state index contributed by atoms with van der Waals surface area (Å²) in [6.45, 7) is 21.3. The number of nitrogens with two attached hydrogens (primary N) is 1. The van der Waals surface area contributed by atoms with Crippen molar-refractivity contribution in [1.29, 1.82) is 0 Å². The molecule has 4 unspecified atom stereocenters. The number of amides is 8. The molecule has 8 aromatic carbocycles. The number of ether oxygens (including phenoxy) is 4. The van der Waals surface area contributed by atoms with Crippen LogP contribution in [0.2, 0.25) is 0 Å². The minimum absolute atomic E-state index is 0. The second-order valence-electron chi connectivity index (χ2n) is 35.7. The third-order valence-electron chi connectivity index (χ3n) is 26.0. The van der Waals surface area contributed by atoms with E-state index in [1.54, 1.807) is 30.6 Å². The lowest BCUT2D eigenvalue weighted by Gasteiger charge is -2.40. The number of guanidine groups is 1. The summed E-state index contributed by atoms with van der Waals surface area (Å²) in [7, 11) is 0. The lowest BCUT2D eigenvalue weighted by atomic mass is 9.71. The highest BCUT2D eigenvalue weighted by atomic mass is 127. The van der Waals surface area contributed by atoms with E-state index in [1.807, 2.05) is 126 Å². The molecule has 29 heteroatoms. The van der Waals surface area contributed by atoms with E-state index in [4.69, 9.17) is 47.1 Å². The van der Waals surface area contributed by atoms with Gasteiger partial charge >= 0.3 is 12.1 Å². The molecule has 8 amide bonds. The Balaban J connectivity index is 0.000000137. The first-order valence-corrected chi connectivity index (χ1v) is 47.1. The van der Waals surface area contributed by atoms with Crippen molar-refractivity contribution in [3.8, 4) is 23.0 Å². The Morgan fingerprint density at radius 2 is 0.720 bits per heavy atom. The second-order valence-corrected chi connectivity index (χ2v) is 42.3. The number of nitrogens with one attached hydrogen (secondary N) is 4. The number of nitrogens with zero attached hydrogens (tertiary/aromatic N) is 4. The molecule has 8 heterocycles. The summed E-state index contributed by atoms with van der Waals surface area (Å²) in [6.07, 6.45) is 12.2. The summed E-state index contributed by atoms with van der Waals surface area (Å²) in [4.78, 5) is 93.4. The first-order chi connectivity index (χ1) is 58.5. The fourth-order valence-corrected chi connectivity index (χ4v) is 22.3. The first-order valence-electron chi connectivity index (χ1n) is 42.3. The van der Waals surface area contributed by atoms with Crippen LogP contribution in [0.1, 0.15) is 194 Å². The van der Waals surface area contributed by atoms with Gasteiger partial charge in [0.15, 0.2) is 27.7 Å². The van der Waals surface area contributed by atoms with Gasteiger partial charge in [-0.1, -0.05) is 197 Å². The van der Waals surface area contributed by atoms with Crippen molar-refractivity contribution in [2.24, 2.45) is 10.7 Å². The van der Waals surface area contributed by atoms with E-state index in [0.717, 1.165) is 120 Å². The highest BCUT2D eigenvalue weighted by Gasteiger charge is 2.74. The molecule has 12 aliphatic rings. The van der Waals surface area contributed by atoms with Crippen LogP contribution in [0, 0.1) is 0 Å². The van der Waals surface area contributed by atoms with Gasteiger partial charge in [0.05, 0.1) is 5.60 Å². The highest BCUT2D eigenvalue weighted by Crippen LogP contribution is 2.62. The van der Waals surface area contributed by atoms with Gasteiger partial charge in [-0.3, -0.25) is 44.5 Å². The van der Waals surface area contributed by atoms with Crippen LogP contribution in [0.5, 0.6) is 23.0 Å². The Bertz CT molecular complexity index is 5310. The summed E-state index contributed by atoms with van der Waals surface area (Å²) in [5.41, 5.74) is 12.0. The molecule has 3 fully saturated rings. The smallest absolute Gasteiger partial charge is 0.325 e. The van der Waals surface area contributed by atoms with Crippen LogP contribution in [-0.4, -0.2) is 122 Å². The Kier molecular flexibility index (Phi) is 27.4. The number of thiocarbonyl (C=S) groups is 1. The number of rotatable bonds is 3. The third kappa shape index (κ3) is 16.3. The molecule has 0 aromatic heterocycles. The van der Waals surface area contributed by atoms with E-state index >= 15 is 0 Å². The monoisotopic (exact) mass is 2080 g/mol. The van der Waals surface area contributed by atoms with Crippen molar-refractivity contribution in [2.45, 2.75) is 251 Å². The maximum Gasteiger partial charge on any atom is 0.325 e. The van der Waals surface area contributed by atoms with Crippen LogP contribution in [0.3, 0.4) is 0 Å². The van der Waals surface area contributed by atoms with Gasteiger partial charge in [0.1, 0.15) is 45.4 Å². The van der Waals surface area contributed by atoms with Crippen molar-refractivity contribution >= 4 is 145 Å². The number of carbonyl (C=O) groups excluding carboxylic acids is 6. The lowest BCUT2D eigenvalue weighted by Crippen LogP contribution is -2.61. The van der Waals surface area contributed by atoms with Crippen molar-refractivity contribution in [1.82, 2.24) is 42.1 Å². The van der Waals surface area contributed by atoms with Gasteiger partial charge in [0.2, 0.25) is 5.54 Å². The zero-order valence-electron chi connectivity index (χ0n) is 72.1. The maximum absolute atomic E-state index is 14.0. The molecule has 662 valence electrons. The SMILES string of the molecule is CC(C)(C)OO.CC(C)I.CC(C)N1C(=O)C2(N=C1N)c1cc(Br)ccc1OC21CCc2ccccc2CC1.CC(C)N1C(=O)C2(NC1=S)c1cc(Br)ccc1OC21CCc2ccccc2CC1.CC(C)N1C(=O)NC2(C1=O)c1cc(Br)ccc1OC21CCc2ccccc2CC1.N.O.O=C1NC(=O)C2(N1)c1cc(Br)ccc1OC21CCc2ccccc2CC1. The lowest BCUT2D eigenvalue weighted by molar-refractivity contribution is -0.306. The summed E-state index contributed by atoms with van der Waals surface area (Å²) >= 11 is 22.2. The fourth-order valence-electron chi connectivity index (χ4n) is 20.4. The Hall–Kier alpha value is -8.37. The number of carbonyl (C=O) groups is 6. The molecule has 8 aromatic rings. The van der Waals surface area contributed by atoms with E-state index in [-0.39, 0.29) is 65.4 Å². The predicted molar refractivity (Wildman–Crippen MR) is 509 cm³/mol. The predicted octanol–water partition coefficient (Wildman–Crippen LogP) is 18.3. The van der Waals surface area contributed by atoms with Gasteiger partial charge in [-0.25, -0.2) is 19.5 Å². The van der Waals surface area contributed by atoms with Crippen molar-refractivity contribution < 1.29 is 63.3 Å². The average Bonchev–Trinajstić information content (AvgIpc) is 1.62. The number of alkyl halides is 1. The van der Waals surface area contributed by atoms with E-state index in [1.165, 1.54) is 49.4 Å². The van der Waals surface area contributed by atoms with Gasteiger partial charge in [0, 0.05) is 62.2 Å². The molecule has 20 rings (SSSR count). The summed E-state index contributed by atoms with van der Waals surface area (Å²) in [5.74, 6) is 2.51. The van der Waals surface area contributed by atoms with Gasteiger partial charge in [-0.05, 0) is 295 Å². The number of hydrogen-bond acceptors (Lipinski definition) is 16. The molecule has 12 N–H and O–H groups in total. The summed E-state index contributed by atoms with van der Waals surface area (Å²) in [6, 6.07) is 55.8. The summed E-state index contributed by atoms with van der Waals surface area (Å²) < 4.78 is 30.8. The van der Waals surface area contributed by atoms with Crippen LogP contribution >= 0.6 is 98.5 Å². The molecule has 0 radical (unpaired) electrons. The zero-order chi connectivity index (χ0) is 87.9. The number of hydrogen-bond donors (Lipinski definition) is 7. The summed E-state index contributed by atoms with van der Waals surface area (Å²) in [5, 5.41) is 20.3. The molecule has 0 saturated carbocycles. The number of aryl methyl sites for hydroxylation is 8. The number of urea groups is 2. The van der Waals surface area contributed by atoms with E-state index in [9.17, 15) is 28.8 Å². The Morgan fingerprint density at radius 3 is 1.01 bits per heavy atom. The van der Waals surface area contributed by atoms with Crippen molar-refractivity contribution in [3.63, 3.8) is 0 Å². The Labute approximate surface area is 783 Å². The van der Waals surface area contributed by atoms with Crippen molar-refractivity contribution in [2.75, 3.05) is 0 Å². The van der Waals surface area contributed by atoms with Gasteiger partial charge < -0.3 is 52.3 Å².